The molecule has 0 aliphatic heterocycles. The Bertz CT molecular complexity index is 182. The summed E-state index contributed by atoms with van der Waals surface area (Å²) in [6.45, 7) is 3.77. The smallest absolute Gasteiger partial charge is 0.316 e. The molecule has 0 aliphatic carbocycles. The average Bonchev–Trinajstić information content (AvgIpc) is 2.04. The van der Waals surface area contributed by atoms with E-state index in [1.54, 1.807) is 18.7 Å². The molecule has 0 aliphatic rings. The van der Waals surface area contributed by atoms with E-state index in [1.165, 1.54) is 11.8 Å². The highest BCUT2D eigenvalue weighted by Crippen LogP contribution is 2.22. The van der Waals surface area contributed by atoms with E-state index in [0.717, 1.165) is 22.1 Å². The second kappa shape index (κ2) is 7.64. The summed E-state index contributed by atoms with van der Waals surface area (Å²) in [5.74, 6) is 0.192. The molecule has 0 amide bonds. The van der Waals surface area contributed by atoms with Crippen LogP contribution in [0.5, 0.6) is 0 Å². The molecular formula is C8H14O2S3. The van der Waals surface area contributed by atoms with Crippen molar-refractivity contribution >= 4 is 45.2 Å². The maximum Gasteiger partial charge on any atom is 0.316 e. The molecule has 1 N–H and O–H groups in total. The van der Waals surface area contributed by atoms with Gasteiger partial charge in [0.2, 0.25) is 0 Å². The van der Waals surface area contributed by atoms with Crippen molar-refractivity contribution in [1.82, 2.24) is 0 Å². The summed E-state index contributed by atoms with van der Waals surface area (Å²) in [6, 6.07) is 0. The summed E-state index contributed by atoms with van der Waals surface area (Å²) in [7, 11) is 0. The van der Waals surface area contributed by atoms with Gasteiger partial charge < -0.3 is 5.11 Å². The first-order valence-corrected chi connectivity index (χ1v) is 6.41. The molecule has 0 rings (SSSR count). The normalized spacial score (nSPS) is 12.5. The van der Waals surface area contributed by atoms with E-state index in [1.807, 2.05) is 0 Å². The predicted octanol–water partition coefficient (Wildman–Crippen LogP) is 3.01. The first-order valence-electron chi connectivity index (χ1n) is 4.14. The maximum absolute atomic E-state index is 10.5. The minimum absolute atomic E-state index is 0.429. The molecule has 0 spiro atoms. The van der Waals surface area contributed by atoms with Crippen LogP contribution in [0.1, 0.15) is 26.7 Å². The molecule has 0 aromatic carbocycles. The zero-order valence-electron chi connectivity index (χ0n) is 7.78. The number of carboxylic acid groups (broad SMARTS) is 1. The third kappa shape index (κ3) is 7.34. The van der Waals surface area contributed by atoms with Gasteiger partial charge in [-0.2, -0.15) is 0 Å². The molecule has 0 bridgehead atoms. The zero-order chi connectivity index (χ0) is 10.3. The van der Waals surface area contributed by atoms with Crippen LogP contribution < -0.4 is 0 Å². The Morgan fingerprint density at radius 1 is 1.62 bits per heavy atom. The Kier molecular flexibility index (Phi) is 7.80. The number of thioether (sulfide) groups is 2. The van der Waals surface area contributed by atoms with Gasteiger partial charge in [-0.3, -0.25) is 4.79 Å². The predicted molar refractivity (Wildman–Crippen MR) is 64.7 cm³/mol. The minimum atomic E-state index is -0.802. The van der Waals surface area contributed by atoms with Gasteiger partial charge in [-0.05, 0) is 19.1 Å². The van der Waals surface area contributed by atoms with Gasteiger partial charge in [0.1, 0.15) is 8.78 Å². The topological polar surface area (TPSA) is 37.3 Å². The number of hydrogen-bond donors (Lipinski definition) is 1. The van der Waals surface area contributed by atoms with Gasteiger partial charge in [-0.25, -0.2) is 0 Å². The molecule has 0 aromatic heterocycles. The monoisotopic (exact) mass is 238 g/mol. The van der Waals surface area contributed by atoms with Gasteiger partial charge in [0, 0.05) is 0 Å². The van der Waals surface area contributed by atoms with Crippen LogP contribution in [0.25, 0.3) is 0 Å². The van der Waals surface area contributed by atoms with Crippen LogP contribution >= 0.6 is 35.7 Å². The number of carboxylic acids is 1. The molecule has 5 heteroatoms. The van der Waals surface area contributed by atoms with Crippen molar-refractivity contribution in [2.75, 3.05) is 5.75 Å². The van der Waals surface area contributed by atoms with E-state index in [9.17, 15) is 4.79 Å². The highest BCUT2D eigenvalue weighted by Gasteiger charge is 2.13. The molecule has 0 heterocycles. The summed E-state index contributed by atoms with van der Waals surface area (Å²) in [5.41, 5.74) is 0. The lowest BCUT2D eigenvalue weighted by Crippen LogP contribution is -2.12. The van der Waals surface area contributed by atoms with Gasteiger partial charge in [0.05, 0.1) is 0 Å². The third-order valence-corrected chi connectivity index (χ3v) is 4.10. The molecule has 1 atom stereocenters. The van der Waals surface area contributed by atoms with Crippen LogP contribution in [0.4, 0.5) is 0 Å². The van der Waals surface area contributed by atoms with E-state index < -0.39 is 11.2 Å². The van der Waals surface area contributed by atoms with Crippen molar-refractivity contribution in [1.29, 1.82) is 0 Å². The highest BCUT2D eigenvalue weighted by atomic mass is 32.2. The van der Waals surface area contributed by atoms with Crippen LogP contribution in [-0.4, -0.2) is 25.6 Å². The lowest BCUT2D eigenvalue weighted by atomic mass is 10.4. The van der Waals surface area contributed by atoms with Crippen molar-refractivity contribution in [3.8, 4) is 0 Å². The Morgan fingerprint density at radius 3 is 2.69 bits per heavy atom. The molecule has 0 fully saturated rings. The Hall–Kier alpha value is 0.260. The molecule has 2 nitrogen and oxygen atoms in total. The average molecular weight is 238 g/mol. The SMILES string of the molecule is CCCCSC(=S)SC(C)C(=O)O. The van der Waals surface area contributed by atoms with E-state index in [0.29, 0.717) is 0 Å². The van der Waals surface area contributed by atoms with E-state index in [2.05, 4.69) is 6.92 Å². The van der Waals surface area contributed by atoms with Gasteiger partial charge in [-0.15, -0.1) is 11.8 Å². The van der Waals surface area contributed by atoms with Crippen molar-refractivity contribution in [2.45, 2.75) is 31.9 Å². The quantitative estimate of drug-likeness (QED) is 0.588. The summed E-state index contributed by atoms with van der Waals surface area (Å²) >= 11 is 7.86. The van der Waals surface area contributed by atoms with Crippen molar-refractivity contribution in [3.63, 3.8) is 0 Å². The molecular weight excluding hydrogens is 224 g/mol. The lowest BCUT2D eigenvalue weighted by Gasteiger charge is -2.05. The van der Waals surface area contributed by atoms with Crippen molar-refractivity contribution < 1.29 is 9.90 Å². The fourth-order valence-corrected chi connectivity index (χ4v) is 3.16. The standard InChI is InChI=1S/C8H14O2S3/c1-3-4-5-12-8(11)13-6(2)7(9)10/h6H,3-5H2,1-2H3,(H,9,10). The number of thiocarbonyl (C=S) groups is 1. The van der Waals surface area contributed by atoms with Gasteiger partial charge in [-0.1, -0.05) is 37.3 Å². The number of hydrogen-bond acceptors (Lipinski definition) is 4. The van der Waals surface area contributed by atoms with Gasteiger partial charge in [0.25, 0.3) is 0 Å². The van der Waals surface area contributed by atoms with Crippen LogP contribution in [0.2, 0.25) is 0 Å². The zero-order valence-corrected chi connectivity index (χ0v) is 10.2. The first-order chi connectivity index (χ1) is 6.07. The van der Waals surface area contributed by atoms with E-state index >= 15 is 0 Å². The Labute approximate surface area is 92.9 Å². The molecule has 0 aromatic rings. The summed E-state index contributed by atoms with van der Waals surface area (Å²) in [4.78, 5) is 10.5. The van der Waals surface area contributed by atoms with Crippen molar-refractivity contribution in [2.24, 2.45) is 0 Å². The number of aliphatic carboxylic acids is 1. The molecule has 0 saturated heterocycles. The molecule has 1 unspecified atom stereocenters. The highest BCUT2D eigenvalue weighted by molar-refractivity contribution is 8.47. The largest absolute Gasteiger partial charge is 0.480 e. The Balaban J connectivity index is 3.56. The van der Waals surface area contributed by atoms with Crippen LogP contribution in [-0.2, 0) is 4.79 Å². The second-order valence-electron chi connectivity index (χ2n) is 2.55. The number of unbranched alkanes of at least 4 members (excludes halogenated alkanes) is 1. The molecule has 0 radical (unpaired) electrons. The number of carbonyl (C=O) groups is 1. The Morgan fingerprint density at radius 2 is 2.23 bits per heavy atom. The van der Waals surface area contributed by atoms with Crippen LogP contribution in [0.3, 0.4) is 0 Å². The van der Waals surface area contributed by atoms with Gasteiger partial charge >= 0.3 is 5.97 Å². The van der Waals surface area contributed by atoms with Crippen LogP contribution in [0, 0.1) is 0 Å². The number of rotatable bonds is 5. The summed E-state index contributed by atoms with van der Waals surface area (Å²) in [6.07, 6.45) is 2.28. The van der Waals surface area contributed by atoms with E-state index in [4.69, 9.17) is 17.3 Å². The maximum atomic E-state index is 10.5. The lowest BCUT2D eigenvalue weighted by molar-refractivity contribution is -0.136. The second-order valence-corrected chi connectivity index (χ2v) is 6.19. The summed E-state index contributed by atoms with van der Waals surface area (Å²) in [5, 5.41) is 8.18. The minimum Gasteiger partial charge on any atom is -0.480 e. The molecule has 76 valence electrons. The third-order valence-electron chi connectivity index (χ3n) is 1.34. The van der Waals surface area contributed by atoms with E-state index in [-0.39, 0.29) is 0 Å². The fraction of sp³-hybridized carbons (Fsp3) is 0.750. The molecule has 0 saturated carbocycles. The van der Waals surface area contributed by atoms with Crippen LogP contribution in [0.15, 0.2) is 0 Å². The molecule has 13 heavy (non-hydrogen) atoms. The summed E-state index contributed by atoms with van der Waals surface area (Å²) < 4.78 is 0.739. The fourth-order valence-electron chi connectivity index (χ4n) is 0.529. The first kappa shape index (κ1) is 13.3. The van der Waals surface area contributed by atoms with Gasteiger partial charge in [0.15, 0.2) is 0 Å². The van der Waals surface area contributed by atoms with Crippen molar-refractivity contribution in [3.05, 3.63) is 0 Å².